The van der Waals surface area contributed by atoms with Crippen LogP contribution in [0.2, 0.25) is 0 Å². The highest BCUT2D eigenvalue weighted by molar-refractivity contribution is 4.76. The van der Waals surface area contributed by atoms with Crippen LogP contribution in [-0.2, 0) is 0 Å². The molecule has 0 spiro atoms. The second-order valence-electron chi connectivity index (χ2n) is 4.53. The van der Waals surface area contributed by atoms with E-state index in [4.69, 9.17) is 0 Å². The Morgan fingerprint density at radius 1 is 1.38 bits per heavy atom. The van der Waals surface area contributed by atoms with Gasteiger partial charge in [0.15, 0.2) is 0 Å². The van der Waals surface area contributed by atoms with Crippen molar-refractivity contribution in [1.29, 1.82) is 0 Å². The molecule has 1 fully saturated rings. The molecule has 1 rings (SSSR count). The molecule has 1 atom stereocenters. The average molecular weight is 184 g/mol. The molecule has 1 unspecified atom stereocenters. The fourth-order valence-corrected chi connectivity index (χ4v) is 1.81. The Labute approximate surface area is 82.5 Å². The van der Waals surface area contributed by atoms with Crippen LogP contribution < -0.4 is 10.6 Å². The van der Waals surface area contributed by atoms with Gasteiger partial charge in [0.1, 0.15) is 0 Å². The van der Waals surface area contributed by atoms with Crippen LogP contribution in [0.1, 0.15) is 39.5 Å². The van der Waals surface area contributed by atoms with E-state index in [1.807, 2.05) is 0 Å². The van der Waals surface area contributed by atoms with E-state index in [1.54, 1.807) is 0 Å². The maximum atomic E-state index is 3.59. The number of hydrogen-bond acceptors (Lipinski definition) is 2. The first-order valence-electron chi connectivity index (χ1n) is 5.73. The second-order valence-corrected chi connectivity index (χ2v) is 4.53. The molecule has 0 amide bonds. The van der Waals surface area contributed by atoms with Gasteiger partial charge in [-0.1, -0.05) is 26.7 Å². The lowest BCUT2D eigenvalue weighted by atomic mass is 10.1. The average Bonchev–Trinajstić information content (AvgIpc) is 2.55. The van der Waals surface area contributed by atoms with Gasteiger partial charge in [-0.3, -0.25) is 0 Å². The molecular formula is C11H24N2. The largest absolute Gasteiger partial charge is 0.315 e. The Hall–Kier alpha value is -0.0800. The third kappa shape index (κ3) is 5.27. The normalized spacial score (nSPS) is 22.8. The number of nitrogens with one attached hydrogen (secondary N) is 2. The van der Waals surface area contributed by atoms with E-state index in [2.05, 4.69) is 24.5 Å². The predicted octanol–water partition coefficient (Wildman–Crippen LogP) is 1.76. The lowest BCUT2D eigenvalue weighted by Gasteiger charge is -2.11. The van der Waals surface area contributed by atoms with E-state index in [-0.39, 0.29) is 0 Å². The maximum absolute atomic E-state index is 3.59. The van der Waals surface area contributed by atoms with Gasteiger partial charge >= 0.3 is 0 Å². The van der Waals surface area contributed by atoms with Crippen LogP contribution in [0.4, 0.5) is 0 Å². The Bertz CT molecular complexity index is 117. The molecule has 1 heterocycles. The summed E-state index contributed by atoms with van der Waals surface area (Å²) >= 11 is 0. The van der Waals surface area contributed by atoms with Gasteiger partial charge in [0.05, 0.1) is 0 Å². The summed E-state index contributed by atoms with van der Waals surface area (Å²) in [5, 5.41) is 6.96. The molecule has 0 aromatic carbocycles. The van der Waals surface area contributed by atoms with Crippen molar-refractivity contribution in [1.82, 2.24) is 10.6 Å². The molecule has 1 saturated heterocycles. The summed E-state index contributed by atoms with van der Waals surface area (Å²) in [6.07, 6.45) is 5.41. The molecular weight excluding hydrogens is 160 g/mol. The van der Waals surface area contributed by atoms with Gasteiger partial charge in [-0.05, 0) is 31.8 Å². The fraction of sp³-hybridized carbons (Fsp3) is 1.00. The summed E-state index contributed by atoms with van der Waals surface area (Å²) in [4.78, 5) is 0. The van der Waals surface area contributed by atoms with E-state index in [1.165, 1.54) is 45.3 Å². The van der Waals surface area contributed by atoms with Crippen LogP contribution in [-0.4, -0.2) is 25.7 Å². The van der Waals surface area contributed by atoms with E-state index in [0.717, 1.165) is 12.0 Å². The minimum Gasteiger partial charge on any atom is -0.315 e. The number of rotatable bonds is 6. The molecule has 2 heteroatoms. The minimum atomic E-state index is 0.749. The van der Waals surface area contributed by atoms with Crippen LogP contribution in [0, 0.1) is 5.92 Å². The monoisotopic (exact) mass is 184 g/mol. The van der Waals surface area contributed by atoms with Gasteiger partial charge in [0, 0.05) is 12.6 Å². The molecule has 13 heavy (non-hydrogen) atoms. The van der Waals surface area contributed by atoms with Crippen molar-refractivity contribution in [3.05, 3.63) is 0 Å². The second kappa shape index (κ2) is 6.39. The van der Waals surface area contributed by atoms with E-state index >= 15 is 0 Å². The van der Waals surface area contributed by atoms with Crippen molar-refractivity contribution >= 4 is 0 Å². The first kappa shape index (κ1) is 11.0. The Balaban J connectivity index is 1.83. The molecule has 0 aromatic rings. The SMILES string of the molecule is CC(C)CCCCNC1CCNC1. The van der Waals surface area contributed by atoms with E-state index in [9.17, 15) is 0 Å². The summed E-state index contributed by atoms with van der Waals surface area (Å²) in [5.74, 6) is 0.869. The zero-order valence-electron chi connectivity index (χ0n) is 9.10. The van der Waals surface area contributed by atoms with Crippen molar-refractivity contribution in [2.45, 2.75) is 45.6 Å². The van der Waals surface area contributed by atoms with Crippen molar-refractivity contribution in [3.8, 4) is 0 Å². The zero-order chi connectivity index (χ0) is 9.52. The molecule has 0 aromatic heterocycles. The summed E-state index contributed by atoms with van der Waals surface area (Å²) in [6.45, 7) is 8.18. The summed E-state index contributed by atoms with van der Waals surface area (Å²) in [7, 11) is 0. The molecule has 78 valence electrons. The lowest BCUT2D eigenvalue weighted by Crippen LogP contribution is -2.31. The van der Waals surface area contributed by atoms with Gasteiger partial charge in [0.25, 0.3) is 0 Å². The van der Waals surface area contributed by atoms with Gasteiger partial charge in [-0.15, -0.1) is 0 Å². The van der Waals surface area contributed by atoms with Crippen LogP contribution in [0.3, 0.4) is 0 Å². The Morgan fingerprint density at radius 3 is 2.85 bits per heavy atom. The van der Waals surface area contributed by atoms with Crippen molar-refractivity contribution < 1.29 is 0 Å². The van der Waals surface area contributed by atoms with Crippen LogP contribution >= 0.6 is 0 Å². The molecule has 1 aliphatic heterocycles. The fourth-order valence-electron chi connectivity index (χ4n) is 1.81. The Kier molecular flexibility index (Phi) is 5.40. The Morgan fingerprint density at radius 2 is 2.23 bits per heavy atom. The van der Waals surface area contributed by atoms with Gasteiger partial charge in [-0.25, -0.2) is 0 Å². The number of unbranched alkanes of at least 4 members (excludes halogenated alkanes) is 1. The maximum Gasteiger partial charge on any atom is 0.0204 e. The van der Waals surface area contributed by atoms with Crippen molar-refractivity contribution in [2.24, 2.45) is 5.92 Å². The first-order valence-corrected chi connectivity index (χ1v) is 5.73. The molecule has 1 aliphatic rings. The summed E-state index contributed by atoms with van der Waals surface area (Å²) in [5.41, 5.74) is 0. The van der Waals surface area contributed by atoms with Crippen molar-refractivity contribution in [3.63, 3.8) is 0 Å². The third-order valence-electron chi connectivity index (χ3n) is 2.70. The molecule has 0 radical (unpaired) electrons. The highest BCUT2D eigenvalue weighted by Gasteiger charge is 2.12. The topological polar surface area (TPSA) is 24.1 Å². The highest BCUT2D eigenvalue weighted by atomic mass is 15.0. The molecule has 2 nitrogen and oxygen atoms in total. The lowest BCUT2D eigenvalue weighted by molar-refractivity contribution is 0.490. The minimum absolute atomic E-state index is 0.749. The zero-order valence-corrected chi connectivity index (χ0v) is 9.10. The molecule has 0 bridgehead atoms. The van der Waals surface area contributed by atoms with Crippen LogP contribution in [0.25, 0.3) is 0 Å². The molecule has 0 saturated carbocycles. The van der Waals surface area contributed by atoms with E-state index < -0.39 is 0 Å². The smallest absolute Gasteiger partial charge is 0.0204 e. The predicted molar refractivity (Wildman–Crippen MR) is 58.0 cm³/mol. The van der Waals surface area contributed by atoms with Gasteiger partial charge < -0.3 is 10.6 Å². The highest BCUT2D eigenvalue weighted by Crippen LogP contribution is 2.05. The summed E-state index contributed by atoms with van der Waals surface area (Å²) < 4.78 is 0. The van der Waals surface area contributed by atoms with Gasteiger partial charge in [0.2, 0.25) is 0 Å². The van der Waals surface area contributed by atoms with Crippen molar-refractivity contribution in [2.75, 3.05) is 19.6 Å². The third-order valence-corrected chi connectivity index (χ3v) is 2.70. The van der Waals surface area contributed by atoms with E-state index in [0.29, 0.717) is 0 Å². The molecule has 0 aliphatic carbocycles. The summed E-state index contributed by atoms with van der Waals surface area (Å²) in [6, 6.07) is 0.749. The van der Waals surface area contributed by atoms with Crippen LogP contribution in [0.15, 0.2) is 0 Å². The first-order chi connectivity index (χ1) is 6.29. The van der Waals surface area contributed by atoms with Gasteiger partial charge in [-0.2, -0.15) is 0 Å². The quantitative estimate of drug-likeness (QED) is 0.615. The number of hydrogen-bond donors (Lipinski definition) is 2. The van der Waals surface area contributed by atoms with Crippen LogP contribution in [0.5, 0.6) is 0 Å². The standard InChI is InChI=1S/C11H24N2/c1-10(2)5-3-4-7-13-11-6-8-12-9-11/h10-13H,3-9H2,1-2H3. The molecule has 2 N–H and O–H groups in total.